The summed E-state index contributed by atoms with van der Waals surface area (Å²) in [4.78, 5) is 14.7. The molecule has 0 aromatic carbocycles. The van der Waals surface area contributed by atoms with Crippen LogP contribution in [0.25, 0.3) is 0 Å². The molecule has 0 amide bonds. The van der Waals surface area contributed by atoms with Crippen LogP contribution in [-0.2, 0) is 0 Å². The van der Waals surface area contributed by atoms with E-state index in [4.69, 9.17) is 9.52 Å². The highest BCUT2D eigenvalue weighted by molar-refractivity contribution is 7.99. The number of nitrogens with zero attached hydrogens (tertiary/aromatic N) is 1. The van der Waals surface area contributed by atoms with Crippen molar-refractivity contribution in [2.45, 2.75) is 12.3 Å². The molecule has 0 spiro atoms. The topological polar surface area (TPSA) is 63.3 Å². The molecule has 1 aromatic heterocycles. The van der Waals surface area contributed by atoms with Crippen molar-refractivity contribution in [3.8, 4) is 0 Å². The first-order chi connectivity index (χ1) is 6.29. The maximum absolute atomic E-state index is 10.7. The van der Waals surface area contributed by atoms with E-state index in [1.54, 1.807) is 0 Å². The number of rotatable bonds is 2. The molecule has 1 unspecified atom stereocenters. The molecule has 1 saturated heterocycles. The van der Waals surface area contributed by atoms with E-state index >= 15 is 0 Å². The molecule has 5 heteroatoms. The van der Waals surface area contributed by atoms with Gasteiger partial charge in [-0.3, -0.25) is 0 Å². The summed E-state index contributed by atoms with van der Waals surface area (Å²) in [5.74, 6) is 1.27. The second kappa shape index (κ2) is 3.41. The molecule has 1 fully saturated rings. The van der Waals surface area contributed by atoms with Crippen LogP contribution in [0.2, 0.25) is 0 Å². The minimum absolute atomic E-state index is 0.00694. The van der Waals surface area contributed by atoms with Crippen LogP contribution in [0.4, 0.5) is 0 Å². The van der Waals surface area contributed by atoms with Crippen LogP contribution in [-0.4, -0.2) is 27.6 Å². The number of carboxylic acid groups (broad SMARTS) is 1. The Labute approximate surface area is 79.3 Å². The maximum Gasteiger partial charge on any atom is 0.373 e. The molecule has 1 aliphatic rings. The first kappa shape index (κ1) is 8.62. The van der Waals surface area contributed by atoms with Gasteiger partial charge in [0, 0.05) is 11.7 Å². The van der Waals surface area contributed by atoms with Gasteiger partial charge in [0.05, 0.1) is 5.69 Å². The van der Waals surface area contributed by atoms with Gasteiger partial charge in [-0.1, -0.05) is 0 Å². The zero-order valence-corrected chi connectivity index (χ0v) is 7.71. The van der Waals surface area contributed by atoms with Crippen molar-refractivity contribution in [2.75, 3.05) is 11.5 Å². The molecule has 0 radical (unpaired) electrons. The minimum Gasteiger partial charge on any atom is -0.475 e. The van der Waals surface area contributed by atoms with Crippen molar-refractivity contribution in [2.24, 2.45) is 0 Å². The second-order valence-electron chi connectivity index (χ2n) is 2.93. The number of aromatic carboxylic acids is 1. The van der Waals surface area contributed by atoms with Crippen molar-refractivity contribution in [3.63, 3.8) is 0 Å². The minimum atomic E-state index is -1.02. The number of hydrogen-bond acceptors (Lipinski definition) is 4. The molecule has 0 bridgehead atoms. The smallest absolute Gasteiger partial charge is 0.373 e. The SMILES string of the molecule is O=C(O)c1ocnc1C1CCSC1. The largest absolute Gasteiger partial charge is 0.475 e. The molecule has 1 aromatic rings. The van der Waals surface area contributed by atoms with E-state index in [0.29, 0.717) is 5.69 Å². The molecule has 0 saturated carbocycles. The van der Waals surface area contributed by atoms with Crippen molar-refractivity contribution >= 4 is 17.7 Å². The van der Waals surface area contributed by atoms with Crippen LogP contribution >= 0.6 is 11.8 Å². The van der Waals surface area contributed by atoms with Gasteiger partial charge in [-0.2, -0.15) is 11.8 Å². The van der Waals surface area contributed by atoms with Gasteiger partial charge in [0.15, 0.2) is 6.39 Å². The van der Waals surface area contributed by atoms with Gasteiger partial charge in [-0.05, 0) is 12.2 Å². The fourth-order valence-corrected chi connectivity index (χ4v) is 2.68. The van der Waals surface area contributed by atoms with Gasteiger partial charge in [-0.15, -0.1) is 0 Å². The van der Waals surface area contributed by atoms with Crippen LogP contribution in [0.3, 0.4) is 0 Å². The molecule has 13 heavy (non-hydrogen) atoms. The van der Waals surface area contributed by atoms with Crippen molar-refractivity contribution in [1.29, 1.82) is 0 Å². The molecular weight excluding hydrogens is 190 g/mol. The van der Waals surface area contributed by atoms with Crippen LogP contribution in [0.15, 0.2) is 10.8 Å². The normalized spacial score (nSPS) is 22.0. The summed E-state index contributed by atoms with van der Waals surface area (Å²) in [6, 6.07) is 0. The Kier molecular flexibility index (Phi) is 2.26. The summed E-state index contributed by atoms with van der Waals surface area (Å²) >= 11 is 1.83. The van der Waals surface area contributed by atoms with E-state index in [0.717, 1.165) is 17.9 Å². The lowest BCUT2D eigenvalue weighted by molar-refractivity contribution is 0.0660. The lowest BCUT2D eigenvalue weighted by Gasteiger charge is -2.03. The van der Waals surface area contributed by atoms with Crippen LogP contribution < -0.4 is 0 Å². The predicted molar refractivity (Wildman–Crippen MR) is 48.1 cm³/mol. The molecular formula is C8H9NO3S. The Bertz CT molecular complexity index is 317. The summed E-state index contributed by atoms with van der Waals surface area (Å²) in [7, 11) is 0. The standard InChI is InChI=1S/C8H9NO3S/c10-8(11)7-6(9-4-12-7)5-1-2-13-3-5/h4-5H,1-3H2,(H,10,11). The van der Waals surface area contributed by atoms with E-state index < -0.39 is 5.97 Å². The molecule has 0 aliphatic carbocycles. The van der Waals surface area contributed by atoms with E-state index in [1.807, 2.05) is 11.8 Å². The van der Waals surface area contributed by atoms with Crippen LogP contribution in [0.5, 0.6) is 0 Å². The van der Waals surface area contributed by atoms with Crippen molar-refractivity contribution in [3.05, 3.63) is 17.8 Å². The van der Waals surface area contributed by atoms with Gasteiger partial charge in [-0.25, -0.2) is 9.78 Å². The molecule has 2 rings (SSSR count). The van der Waals surface area contributed by atoms with Gasteiger partial charge in [0.25, 0.3) is 0 Å². The predicted octanol–water partition coefficient (Wildman–Crippen LogP) is 1.59. The highest BCUT2D eigenvalue weighted by atomic mass is 32.2. The summed E-state index contributed by atoms with van der Waals surface area (Å²) in [5.41, 5.74) is 0.609. The fourth-order valence-electron chi connectivity index (χ4n) is 1.46. The lowest BCUT2D eigenvalue weighted by Crippen LogP contribution is -2.05. The number of carboxylic acids is 1. The third kappa shape index (κ3) is 1.56. The quantitative estimate of drug-likeness (QED) is 0.783. The number of carbonyl (C=O) groups is 1. The second-order valence-corrected chi connectivity index (χ2v) is 4.08. The Hall–Kier alpha value is -0.970. The average Bonchev–Trinajstić information content (AvgIpc) is 2.74. The van der Waals surface area contributed by atoms with E-state index in [2.05, 4.69) is 4.98 Å². The first-order valence-electron chi connectivity index (χ1n) is 4.03. The molecule has 2 heterocycles. The summed E-state index contributed by atoms with van der Waals surface area (Å²) in [6.45, 7) is 0. The monoisotopic (exact) mass is 199 g/mol. The first-order valence-corrected chi connectivity index (χ1v) is 5.19. The molecule has 4 nitrogen and oxygen atoms in total. The lowest BCUT2D eigenvalue weighted by atomic mass is 10.0. The third-order valence-electron chi connectivity index (χ3n) is 2.11. The molecule has 1 atom stereocenters. The molecule has 1 N–H and O–H groups in total. The number of oxazole rings is 1. The number of hydrogen-bond donors (Lipinski definition) is 1. The van der Waals surface area contributed by atoms with Crippen LogP contribution in [0.1, 0.15) is 28.6 Å². The molecule has 1 aliphatic heterocycles. The summed E-state index contributed by atoms with van der Waals surface area (Å²) < 4.78 is 4.82. The van der Waals surface area contributed by atoms with Gasteiger partial charge < -0.3 is 9.52 Å². The zero-order valence-electron chi connectivity index (χ0n) is 6.90. The average molecular weight is 199 g/mol. The van der Waals surface area contributed by atoms with E-state index in [1.165, 1.54) is 6.39 Å². The highest BCUT2D eigenvalue weighted by Crippen LogP contribution is 2.33. The summed E-state index contributed by atoms with van der Waals surface area (Å²) in [6.07, 6.45) is 2.21. The Morgan fingerprint density at radius 1 is 1.77 bits per heavy atom. The van der Waals surface area contributed by atoms with Gasteiger partial charge in [0.2, 0.25) is 5.76 Å². The fraction of sp³-hybridized carbons (Fsp3) is 0.500. The third-order valence-corrected chi connectivity index (χ3v) is 3.27. The number of aromatic nitrogens is 1. The Morgan fingerprint density at radius 2 is 2.62 bits per heavy atom. The van der Waals surface area contributed by atoms with E-state index in [9.17, 15) is 4.79 Å². The summed E-state index contributed by atoms with van der Waals surface area (Å²) in [5, 5.41) is 8.77. The van der Waals surface area contributed by atoms with Gasteiger partial charge >= 0.3 is 5.97 Å². The Balaban J connectivity index is 2.28. The van der Waals surface area contributed by atoms with E-state index in [-0.39, 0.29) is 11.7 Å². The zero-order chi connectivity index (χ0) is 9.26. The van der Waals surface area contributed by atoms with Crippen LogP contribution in [0, 0.1) is 0 Å². The number of thioether (sulfide) groups is 1. The van der Waals surface area contributed by atoms with Gasteiger partial charge in [0.1, 0.15) is 0 Å². The van der Waals surface area contributed by atoms with Crippen molar-refractivity contribution < 1.29 is 14.3 Å². The Morgan fingerprint density at radius 3 is 3.23 bits per heavy atom. The molecule has 70 valence electrons. The highest BCUT2D eigenvalue weighted by Gasteiger charge is 2.26. The van der Waals surface area contributed by atoms with Crippen molar-refractivity contribution in [1.82, 2.24) is 4.98 Å². The maximum atomic E-state index is 10.7.